The van der Waals surface area contributed by atoms with Crippen LogP contribution in [0.15, 0.2) is 0 Å². The van der Waals surface area contributed by atoms with Crippen LogP contribution in [0.2, 0.25) is 5.32 Å². The van der Waals surface area contributed by atoms with Crippen LogP contribution in [-0.2, 0) is 4.79 Å². The van der Waals surface area contributed by atoms with Gasteiger partial charge in [0.1, 0.15) is 0 Å². The summed E-state index contributed by atoms with van der Waals surface area (Å²) in [6.45, 7) is 0. The van der Waals surface area contributed by atoms with Gasteiger partial charge in [-0.25, -0.2) is 0 Å². The van der Waals surface area contributed by atoms with Gasteiger partial charge in [0.15, 0.2) is 0 Å². The van der Waals surface area contributed by atoms with E-state index in [0.717, 1.165) is 0 Å². The van der Waals surface area contributed by atoms with E-state index in [0.29, 0.717) is 5.32 Å². The third-order valence-electron chi connectivity index (χ3n) is 0.497. The Labute approximate surface area is 49.7 Å². The predicted octanol–water partition coefficient (Wildman–Crippen LogP) is -1.01. The predicted molar refractivity (Wildman–Crippen MR) is 26.2 cm³/mol. The number of hydrogen-bond donors (Lipinski definition) is 2. The van der Waals surface area contributed by atoms with E-state index in [9.17, 15) is 4.79 Å². The number of aliphatic carboxylic acids is 1. The summed E-state index contributed by atoms with van der Waals surface area (Å²) in [6.07, 6.45) is 0. The molecule has 0 aliphatic carbocycles. The molecular weight excluding hydrogens is 161 g/mol. The van der Waals surface area contributed by atoms with E-state index in [-0.39, 0.29) is 0 Å². The molecule has 0 aromatic rings. The van der Waals surface area contributed by atoms with Gasteiger partial charge in [-0.05, 0) is 0 Å². The normalized spacial score (nSPS) is 13.4. The van der Waals surface area contributed by atoms with E-state index in [1.807, 2.05) is 0 Å². The van der Waals surface area contributed by atoms with Gasteiger partial charge in [0, 0.05) is 0 Å². The molecule has 0 heterocycles. The van der Waals surface area contributed by atoms with Gasteiger partial charge in [0.25, 0.3) is 0 Å². The number of carbonyl (C=O) groups is 1. The van der Waals surface area contributed by atoms with E-state index < -0.39 is 12.0 Å². The Bertz CT molecular complexity index is 75.3. The summed E-state index contributed by atoms with van der Waals surface area (Å²) >= 11 is 2.52. The average molecular weight is 167 g/mol. The zero-order valence-electron chi connectivity index (χ0n) is 3.63. The fourth-order valence-electron chi connectivity index (χ4n) is 0.0713. The van der Waals surface area contributed by atoms with E-state index in [2.05, 4.69) is 16.0 Å². The van der Waals surface area contributed by atoms with Gasteiger partial charge in [0.2, 0.25) is 0 Å². The molecule has 0 radical (unpaired) electrons. The molecule has 0 spiro atoms. The van der Waals surface area contributed by atoms with Gasteiger partial charge in [-0.2, -0.15) is 0 Å². The summed E-state index contributed by atoms with van der Waals surface area (Å²) in [5.74, 6) is -0.959. The zero-order chi connectivity index (χ0) is 5.86. The molecule has 0 unspecified atom stereocenters. The molecule has 0 rings (SSSR count). The number of carboxylic acid groups (broad SMARTS) is 1. The Morgan fingerprint density at radius 1 is 2.00 bits per heavy atom. The van der Waals surface area contributed by atoms with Crippen molar-refractivity contribution in [3.05, 3.63) is 0 Å². The Morgan fingerprint density at radius 3 is 2.43 bits per heavy atom. The number of nitrogens with two attached hydrogens (primary N) is 1. The second kappa shape index (κ2) is 3.02. The van der Waals surface area contributed by atoms with Gasteiger partial charge < -0.3 is 0 Å². The Kier molecular flexibility index (Phi) is 3.00. The van der Waals surface area contributed by atoms with Crippen molar-refractivity contribution in [1.29, 1.82) is 0 Å². The van der Waals surface area contributed by atoms with Crippen LogP contribution in [0.3, 0.4) is 0 Å². The first kappa shape index (κ1) is 6.95. The summed E-state index contributed by atoms with van der Waals surface area (Å²) in [5.41, 5.74) is 4.98. The maximum absolute atomic E-state index is 9.79. The molecule has 0 aliphatic rings. The molecule has 42 valence electrons. The molecule has 0 saturated carbocycles. The van der Waals surface area contributed by atoms with Crippen LogP contribution in [0.25, 0.3) is 0 Å². The topological polar surface area (TPSA) is 63.3 Å². The van der Waals surface area contributed by atoms with E-state index >= 15 is 0 Å². The van der Waals surface area contributed by atoms with Crippen LogP contribution in [0.1, 0.15) is 0 Å². The first-order valence-electron chi connectivity index (χ1n) is 1.75. The Balaban J connectivity index is 3.34. The zero-order valence-corrected chi connectivity index (χ0v) is 5.34. The molecule has 0 bridgehead atoms. The fraction of sp³-hybridized carbons (Fsp3) is 0.667. The first-order valence-corrected chi connectivity index (χ1v) is 2.96. The molecule has 0 aromatic heterocycles. The van der Waals surface area contributed by atoms with Crippen LogP contribution in [0, 0.1) is 0 Å². The van der Waals surface area contributed by atoms with Crippen molar-refractivity contribution in [2.24, 2.45) is 5.73 Å². The van der Waals surface area contributed by atoms with Crippen molar-refractivity contribution < 1.29 is 9.90 Å². The van der Waals surface area contributed by atoms with Gasteiger partial charge >= 0.3 is 49.0 Å². The molecule has 0 fully saturated rings. The van der Waals surface area contributed by atoms with Crippen molar-refractivity contribution in [2.75, 3.05) is 0 Å². The summed E-state index contributed by atoms with van der Waals surface area (Å²) in [5, 5.41) is 8.41. The van der Waals surface area contributed by atoms with Crippen LogP contribution in [0.4, 0.5) is 0 Å². The standard InChI is InChI=1S/C3H7NO2Se/c4-2(1-7)3(5)6/h2,7H,1,4H2,(H,5,6)/p-1/t2-/m1/s1. The third kappa shape index (κ3) is 2.62. The molecule has 7 heavy (non-hydrogen) atoms. The molecule has 1 atom stereocenters. The van der Waals surface area contributed by atoms with Crippen molar-refractivity contribution in [3.63, 3.8) is 0 Å². The summed E-state index contributed by atoms with van der Waals surface area (Å²) in [4.78, 5) is 9.79. The van der Waals surface area contributed by atoms with Crippen LogP contribution in [0.5, 0.6) is 0 Å². The number of hydrogen-bond acceptors (Lipinski definition) is 2. The van der Waals surface area contributed by atoms with Crippen molar-refractivity contribution >= 4 is 22.0 Å². The summed E-state index contributed by atoms with van der Waals surface area (Å²) in [6, 6.07) is -0.736. The molecule has 0 aliphatic heterocycles. The molecule has 0 saturated heterocycles. The molecule has 3 N–H and O–H groups in total. The monoisotopic (exact) mass is 168 g/mol. The SMILES string of the molecule is N[C@H](C[Se-])C(=O)O. The van der Waals surface area contributed by atoms with Gasteiger partial charge in [0.05, 0.1) is 0 Å². The number of rotatable bonds is 2. The van der Waals surface area contributed by atoms with Crippen LogP contribution >= 0.6 is 0 Å². The quantitative estimate of drug-likeness (QED) is 0.517. The molecule has 0 amide bonds. The summed E-state index contributed by atoms with van der Waals surface area (Å²) in [7, 11) is 0. The molecular formula is C3H6NO2Se-. The van der Waals surface area contributed by atoms with Crippen LogP contribution in [-0.4, -0.2) is 33.1 Å². The van der Waals surface area contributed by atoms with E-state index in [1.54, 1.807) is 0 Å². The minimum absolute atomic E-state index is 0.370. The van der Waals surface area contributed by atoms with Crippen LogP contribution < -0.4 is 5.73 Å². The van der Waals surface area contributed by atoms with E-state index in [1.165, 1.54) is 0 Å². The second-order valence-electron chi connectivity index (χ2n) is 1.11. The van der Waals surface area contributed by atoms with E-state index in [4.69, 9.17) is 10.8 Å². The average Bonchev–Trinajstić information content (AvgIpc) is 1.65. The maximum atomic E-state index is 9.79. The Hall–Kier alpha value is -0.0505. The van der Waals surface area contributed by atoms with Crippen molar-refractivity contribution in [2.45, 2.75) is 11.4 Å². The minimum atomic E-state index is -0.959. The molecule has 4 heteroatoms. The van der Waals surface area contributed by atoms with Crippen molar-refractivity contribution in [3.8, 4) is 0 Å². The first-order chi connectivity index (χ1) is 3.18. The third-order valence-corrected chi connectivity index (χ3v) is 1.25. The Morgan fingerprint density at radius 2 is 2.43 bits per heavy atom. The van der Waals surface area contributed by atoms with Gasteiger partial charge in [-0.1, -0.05) is 0 Å². The number of carboxylic acids is 1. The van der Waals surface area contributed by atoms with Gasteiger partial charge in [-0.3, -0.25) is 0 Å². The second-order valence-corrected chi connectivity index (χ2v) is 1.81. The van der Waals surface area contributed by atoms with Gasteiger partial charge in [-0.15, -0.1) is 0 Å². The van der Waals surface area contributed by atoms with Crippen molar-refractivity contribution in [1.82, 2.24) is 0 Å². The molecule has 3 nitrogen and oxygen atoms in total. The fourth-order valence-corrected chi connectivity index (χ4v) is 0.370. The molecule has 0 aromatic carbocycles. The summed E-state index contributed by atoms with van der Waals surface area (Å²) < 4.78 is 0.